The Kier molecular flexibility index (Phi) is 3.88. The molecule has 0 atom stereocenters. The summed E-state index contributed by atoms with van der Waals surface area (Å²) in [5.74, 6) is -0.229. The van der Waals surface area contributed by atoms with Gasteiger partial charge in [0, 0.05) is 24.5 Å². The number of para-hydroxylation sites is 1. The highest BCUT2D eigenvalue weighted by Crippen LogP contribution is 2.28. The van der Waals surface area contributed by atoms with E-state index >= 15 is 0 Å². The minimum Gasteiger partial charge on any atom is -0.379 e. The van der Waals surface area contributed by atoms with Gasteiger partial charge in [-0.05, 0) is 24.3 Å². The van der Waals surface area contributed by atoms with Crippen LogP contribution in [0.2, 0.25) is 5.02 Å². The molecule has 0 bridgehead atoms. The van der Waals surface area contributed by atoms with Crippen LogP contribution in [0.5, 0.6) is 0 Å². The van der Waals surface area contributed by atoms with Crippen molar-refractivity contribution in [2.24, 2.45) is 0 Å². The van der Waals surface area contributed by atoms with Gasteiger partial charge in [-0.25, -0.2) is 9.07 Å². The normalized spacial score (nSPS) is 10.6. The van der Waals surface area contributed by atoms with E-state index in [1.165, 1.54) is 6.07 Å². The molecule has 0 aliphatic carbocycles. The van der Waals surface area contributed by atoms with Gasteiger partial charge in [-0.2, -0.15) is 5.10 Å². The third kappa shape index (κ3) is 2.90. The summed E-state index contributed by atoms with van der Waals surface area (Å²) in [6, 6.07) is 14.0. The summed E-state index contributed by atoms with van der Waals surface area (Å²) in [4.78, 5) is 0. The van der Waals surface area contributed by atoms with Crippen LogP contribution in [0.15, 0.2) is 60.9 Å². The van der Waals surface area contributed by atoms with Crippen LogP contribution < -0.4 is 5.32 Å². The van der Waals surface area contributed by atoms with E-state index in [1.54, 1.807) is 29.1 Å². The molecule has 5 heteroatoms. The summed E-state index contributed by atoms with van der Waals surface area (Å²) in [6.45, 7) is 0.376. The Labute approximate surface area is 127 Å². The highest BCUT2D eigenvalue weighted by Gasteiger charge is 2.10. The number of aromatic nitrogens is 2. The van der Waals surface area contributed by atoms with Crippen LogP contribution in [0.1, 0.15) is 5.56 Å². The highest BCUT2D eigenvalue weighted by molar-refractivity contribution is 6.33. The third-order valence-electron chi connectivity index (χ3n) is 3.15. The van der Waals surface area contributed by atoms with Gasteiger partial charge in [0.15, 0.2) is 0 Å². The lowest BCUT2D eigenvalue weighted by molar-refractivity contribution is 0.613. The molecule has 1 heterocycles. The zero-order valence-corrected chi connectivity index (χ0v) is 11.9. The smallest absolute Gasteiger partial charge is 0.128 e. The molecule has 106 valence electrons. The molecule has 2 aromatic carbocycles. The topological polar surface area (TPSA) is 29.9 Å². The van der Waals surface area contributed by atoms with Crippen molar-refractivity contribution in [1.29, 1.82) is 0 Å². The predicted octanol–water partition coefficient (Wildman–Crippen LogP) is 4.28. The highest BCUT2D eigenvalue weighted by atomic mass is 35.5. The fourth-order valence-corrected chi connectivity index (χ4v) is 2.39. The van der Waals surface area contributed by atoms with E-state index in [0.717, 1.165) is 11.4 Å². The number of nitrogens with zero attached hydrogens (tertiary/aromatic N) is 2. The zero-order valence-electron chi connectivity index (χ0n) is 11.1. The molecule has 3 rings (SSSR count). The maximum atomic E-state index is 13.7. The van der Waals surface area contributed by atoms with E-state index in [0.29, 0.717) is 17.1 Å². The van der Waals surface area contributed by atoms with Crippen LogP contribution in [0.3, 0.4) is 0 Å². The van der Waals surface area contributed by atoms with Gasteiger partial charge in [-0.1, -0.05) is 35.9 Å². The Morgan fingerprint density at radius 1 is 1.10 bits per heavy atom. The van der Waals surface area contributed by atoms with Gasteiger partial charge in [0.1, 0.15) is 11.5 Å². The second-order valence-electron chi connectivity index (χ2n) is 4.53. The molecule has 1 aromatic heterocycles. The van der Waals surface area contributed by atoms with Gasteiger partial charge in [0.2, 0.25) is 0 Å². The summed E-state index contributed by atoms with van der Waals surface area (Å²) in [6.07, 6.45) is 3.50. The van der Waals surface area contributed by atoms with E-state index in [9.17, 15) is 4.39 Å². The maximum Gasteiger partial charge on any atom is 0.128 e. The first-order chi connectivity index (χ1) is 10.3. The molecule has 21 heavy (non-hydrogen) atoms. The van der Waals surface area contributed by atoms with Gasteiger partial charge >= 0.3 is 0 Å². The van der Waals surface area contributed by atoms with Crippen LogP contribution in [-0.4, -0.2) is 9.78 Å². The van der Waals surface area contributed by atoms with Crippen molar-refractivity contribution in [3.05, 3.63) is 77.3 Å². The van der Waals surface area contributed by atoms with Crippen molar-refractivity contribution in [2.45, 2.75) is 6.54 Å². The quantitative estimate of drug-likeness (QED) is 0.779. The summed E-state index contributed by atoms with van der Waals surface area (Å²) >= 11 is 6.26. The van der Waals surface area contributed by atoms with Crippen LogP contribution in [-0.2, 0) is 6.54 Å². The zero-order chi connectivity index (χ0) is 14.7. The molecule has 0 aliphatic heterocycles. The van der Waals surface area contributed by atoms with Crippen LogP contribution >= 0.6 is 11.6 Å². The lowest BCUT2D eigenvalue weighted by atomic mass is 10.2. The van der Waals surface area contributed by atoms with E-state index in [1.807, 2.05) is 30.5 Å². The van der Waals surface area contributed by atoms with Crippen molar-refractivity contribution < 1.29 is 4.39 Å². The maximum absolute atomic E-state index is 13.7. The molecule has 0 saturated heterocycles. The molecule has 0 radical (unpaired) electrons. The molecule has 0 unspecified atom stereocenters. The first kappa shape index (κ1) is 13.6. The monoisotopic (exact) mass is 301 g/mol. The number of hydrogen-bond acceptors (Lipinski definition) is 2. The lowest BCUT2D eigenvalue weighted by Gasteiger charge is -2.14. The van der Waals surface area contributed by atoms with Gasteiger partial charge in [-0.15, -0.1) is 0 Å². The number of nitrogens with one attached hydrogen (secondary N) is 1. The predicted molar refractivity (Wildman–Crippen MR) is 82.3 cm³/mol. The second kappa shape index (κ2) is 5.97. The first-order valence-electron chi connectivity index (χ1n) is 6.51. The van der Waals surface area contributed by atoms with Gasteiger partial charge in [-0.3, -0.25) is 0 Å². The Bertz CT molecular complexity index is 741. The minimum atomic E-state index is -0.229. The summed E-state index contributed by atoms with van der Waals surface area (Å²) in [7, 11) is 0. The molecule has 0 aliphatic rings. The van der Waals surface area contributed by atoms with E-state index < -0.39 is 0 Å². The summed E-state index contributed by atoms with van der Waals surface area (Å²) in [5, 5.41) is 7.99. The molecule has 0 fully saturated rings. The molecule has 0 saturated carbocycles. The first-order valence-corrected chi connectivity index (χ1v) is 6.89. The second-order valence-corrected chi connectivity index (χ2v) is 4.94. The van der Waals surface area contributed by atoms with Crippen molar-refractivity contribution in [2.75, 3.05) is 5.32 Å². The fraction of sp³-hybridized carbons (Fsp3) is 0.0625. The summed E-state index contributed by atoms with van der Waals surface area (Å²) < 4.78 is 15.3. The number of benzene rings is 2. The molecule has 3 aromatic rings. The van der Waals surface area contributed by atoms with Crippen LogP contribution in [0, 0.1) is 5.82 Å². The number of rotatable bonds is 4. The minimum absolute atomic E-state index is 0.229. The Balaban J connectivity index is 1.90. The largest absolute Gasteiger partial charge is 0.379 e. The number of anilines is 1. The SMILES string of the molecule is Fc1ccccc1CNc1cccc(Cl)c1-n1cccn1. The standard InChI is InChI=1S/C16H13ClFN3/c17-13-6-3-8-15(16(13)21-10-4-9-20-21)19-11-12-5-1-2-7-14(12)18/h1-10,19H,11H2. The summed E-state index contributed by atoms with van der Waals surface area (Å²) in [5.41, 5.74) is 2.15. The molecule has 1 N–H and O–H groups in total. The van der Waals surface area contributed by atoms with Gasteiger partial charge in [0.25, 0.3) is 0 Å². The van der Waals surface area contributed by atoms with Gasteiger partial charge in [0.05, 0.1) is 10.7 Å². The van der Waals surface area contributed by atoms with Crippen molar-refractivity contribution in [3.63, 3.8) is 0 Å². The van der Waals surface area contributed by atoms with Crippen LogP contribution in [0.4, 0.5) is 10.1 Å². The average Bonchev–Trinajstić information content (AvgIpc) is 3.00. The fourth-order valence-electron chi connectivity index (χ4n) is 2.12. The van der Waals surface area contributed by atoms with Crippen LogP contribution in [0.25, 0.3) is 5.69 Å². The third-order valence-corrected chi connectivity index (χ3v) is 3.45. The molecule has 0 spiro atoms. The van der Waals surface area contributed by atoms with Crippen molar-refractivity contribution in [1.82, 2.24) is 9.78 Å². The van der Waals surface area contributed by atoms with Gasteiger partial charge < -0.3 is 5.32 Å². The van der Waals surface area contributed by atoms with Crippen molar-refractivity contribution >= 4 is 17.3 Å². The van der Waals surface area contributed by atoms with E-state index in [-0.39, 0.29) is 5.82 Å². The lowest BCUT2D eigenvalue weighted by Crippen LogP contribution is -2.06. The Morgan fingerprint density at radius 2 is 1.95 bits per heavy atom. The molecule has 3 nitrogen and oxygen atoms in total. The molecular weight excluding hydrogens is 289 g/mol. The number of halogens is 2. The molecular formula is C16H13ClFN3. The Morgan fingerprint density at radius 3 is 2.71 bits per heavy atom. The van der Waals surface area contributed by atoms with E-state index in [2.05, 4.69) is 10.4 Å². The average molecular weight is 302 g/mol. The molecule has 0 amide bonds. The number of hydrogen-bond donors (Lipinski definition) is 1. The Hall–Kier alpha value is -2.33. The van der Waals surface area contributed by atoms with E-state index in [4.69, 9.17) is 11.6 Å². The van der Waals surface area contributed by atoms with Crippen molar-refractivity contribution in [3.8, 4) is 5.69 Å².